The van der Waals surface area contributed by atoms with Crippen LogP contribution in [0.1, 0.15) is 15.9 Å². The van der Waals surface area contributed by atoms with E-state index in [1.807, 2.05) is 43.4 Å². The molecule has 0 unspecified atom stereocenters. The van der Waals surface area contributed by atoms with Gasteiger partial charge in [-0.15, -0.1) is 0 Å². The second-order valence-corrected chi connectivity index (χ2v) is 5.53. The van der Waals surface area contributed by atoms with Crippen LogP contribution in [0, 0.1) is 0 Å². The molecule has 0 N–H and O–H groups in total. The van der Waals surface area contributed by atoms with Gasteiger partial charge in [-0.2, -0.15) is 0 Å². The fourth-order valence-electron chi connectivity index (χ4n) is 1.82. The third kappa shape index (κ3) is 3.37. The fraction of sp³-hybridized carbons (Fsp3) is 0.133. The van der Waals surface area contributed by atoms with E-state index in [1.54, 1.807) is 6.07 Å². The number of benzene rings is 2. The number of nitrogens with zero attached hydrogens (tertiary/aromatic N) is 1. The summed E-state index contributed by atoms with van der Waals surface area (Å²) in [6.45, 7) is 0.715. The molecule has 2 rings (SSSR count). The van der Waals surface area contributed by atoms with Crippen molar-refractivity contribution in [3.63, 3.8) is 0 Å². The van der Waals surface area contributed by atoms with E-state index in [1.165, 1.54) is 0 Å². The SMILES string of the molecule is CN(Cc1ccccc1Cl)c1ccc(C=O)c(Br)c1. The Kier molecular flexibility index (Phi) is 4.61. The topological polar surface area (TPSA) is 20.3 Å². The molecule has 2 aromatic carbocycles. The molecule has 0 atom stereocenters. The van der Waals surface area contributed by atoms with E-state index in [-0.39, 0.29) is 0 Å². The third-order valence-electron chi connectivity index (χ3n) is 2.92. The number of carbonyl (C=O) groups is 1. The van der Waals surface area contributed by atoms with Crippen LogP contribution in [-0.4, -0.2) is 13.3 Å². The van der Waals surface area contributed by atoms with Gasteiger partial charge in [0.2, 0.25) is 0 Å². The quantitative estimate of drug-likeness (QED) is 0.762. The molecule has 4 heteroatoms. The first-order valence-electron chi connectivity index (χ1n) is 5.81. The Labute approximate surface area is 126 Å². The van der Waals surface area contributed by atoms with Gasteiger partial charge < -0.3 is 4.90 Å². The lowest BCUT2D eigenvalue weighted by Gasteiger charge is -2.20. The van der Waals surface area contributed by atoms with Crippen molar-refractivity contribution in [2.75, 3.05) is 11.9 Å². The van der Waals surface area contributed by atoms with Gasteiger partial charge in [0.15, 0.2) is 6.29 Å². The van der Waals surface area contributed by atoms with Crippen LogP contribution in [0.4, 0.5) is 5.69 Å². The maximum absolute atomic E-state index is 10.8. The summed E-state index contributed by atoms with van der Waals surface area (Å²) in [5.74, 6) is 0. The predicted molar refractivity (Wildman–Crippen MR) is 83.1 cm³/mol. The summed E-state index contributed by atoms with van der Waals surface area (Å²) in [5, 5.41) is 0.762. The molecule has 2 aromatic rings. The van der Waals surface area contributed by atoms with Crippen molar-refractivity contribution >= 4 is 39.5 Å². The van der Waals surface area contributed by atoms with Crippen molar-refractivity contribution < 1.29 is 4.79 Å². The standard InChI is InChI=1S/C15H13BrClNO/c1-18(9-11-4-2-3-5-15(11)17)13-7-6-12(10-19)14(16)8-13/h2-8,10H,9H2,1H3. The zero-order valence-electron chi connectivity index (χ0n) is 10.4. The van der Waals surface area contributed by atoms with Gasteiger partial charge in [-0.1, -0.05) is 29.8 Å². The minimum Gasteiger partial charge on any atom is -0.370 e. The smallest absolute Gasteiger partial charge is 0.151 e. The molecule has 19 heavy (non-hydrogen) atoms. The third-order valence-corrected chi connectivity index (χ3v) is 3.97. The summed E-state index contributed by atoms with van der Waals surface area (Å²) in [4.78, 5) is 12.9. The fourth-order valence-corrected chi connectivity index (χ4v) is 2.48. The summed E-state index contributed by atoms with van der Waals surface area (Å²) in [5.41, 5.74) is 2.74. The predicted octanol–water partition coefficient (Wildman–Crippen LogP) is 4.55. The van der Waals surface area contributed by atoms with Gasteiger partial charge in [-0.3, -0.25) is 4.79 Å². The Morgan fingerprint density at radius 3 is 2.63 bits per heavy atom. The average molecular weight is 339 g/mol. The zero-order valence-corrected chi connectivity index (χ0v) is 12.8. The number of aldehydes is 1. The van der Waals surface area contributed by atoms with E-state index >= 15 is 0 Å². The lowest BCUT2D eigenvalue weighted by molar-refractivity contribution is 0.112. The summed E-state index contributed by atoms with van der Waals surface area (Å²) in [7, 11) is 1.99. The van der Waals surface area contributed by atoms with Crippen LogP contribution >= 0.6 is 27.5 Å². The van der Waals surface area contributed by atoms with E-state index < -0.39 is 0 Å². The normalized spacial score (nSPS) is 10.3. The first kappa shape index (κ1) is 14.1. The number of hydrogen-bond acceptors (Lipinski definition) is 2. The van der Waals surface area contributed by atoms with Crippen molar-refractivity contribution in [1.82, 2.24) is 0 Å². The van der Waals surface area contributed by atoms with E-state index in [2.05, 4.69) is 20.8 Å². The first-order valence-corrected chi connectivity index (χ1v) is 6.98. The Bertz CT molecular complexity index is 600. The molecule has 0 bridgehead atoms. The van der Waals surface area contributed by atoms with Crippen molar-refractivity contribution in [2.45, 2.75) is 6.54 Å². The van der Waals surface area contributed by atoms with Crippen LogP contribution in [0.3, 0.4) is 0 Å². The second kappa shape index (κ2) is 6.22. The van der Waals surface area contributed by atoms with Gasteiger partial charge in [0.1, 0.15) is 0 Å². The largest absolute Gasteiger partial charge is 0.370 e. The van der Waals surface area contributed by atoms with Gasteiger partial charge in [0.25, 0.3) is 0 Å². The number of carbonyl (C=O) groups excluding carboxylic acids is 1. The molecule has 0 saturated carbocycles. The number of hydrogen-bond donors (Lipinski definition) is 0. The lowest BCUT2D eigenvalue weighted by Crippen LogP contribution is -2.16. The molecular weight excluding hydrogens is 326 g/mol. The van der Waals surface area contributed by atoms with E-state index in [4.69, 9.17) is 11.6 Å². The maximum Gasteiger partial charge on any atom is 0.151 e. The van der Waals surface area contributed by atoms with Crippen molar-refractivity contribution in [2.24, 2.45) is 0 Å². The van der Waals surface area contributed by atoms with Crippen LogP contribution in [0.15, 0.2) is 46.9 Å². The van der Waals surface area contributed by atoms with E-state index in [0.717, 1.165) is 27.0 Å². The molecule has 0 aromatic heterocycles. The maximum atomic E-state index is 10.8. The molecule has 0 saturated heterocycles. The summed E-state index contributed by atoms with van der Waals surface area (Å²) in [6.07, 6.45) is 0.835. The zero-order chi connectivity index (χ0) is 13.8. The molecule has 0 spiro atoms. The van der Waals surface area contributed by atoms with Crippen molar-refractivity contribution in [3.05, 3.63) is 63.1 Å². The highest BCUT2D eigenvalue weighted by Crippen LogP contribution is 2.25. The molecule has 0 amide bonds. The average Bonchev–Trinajstić information content (AvgIpc) is 2.41. The van der Waals surface area contributed by atoms with E-state index in [9.17, 15) is 4.79 Å². The van der Waals surface area contributed by atoms with E-state index in [0.29, 0.717) is 12.1 Å². The van der Waals surface area contributed by atoms with Crippen LogP contribution in [0.5, 0.6) is 0 Å². The van der Waals surface area contributed by atoms with Gasteiger partial charge in [0.05, 0.1) is 0 Å². The summed E-state index contributed by atoms with van der Waals surface area (Å²) in [6, 6.07) is 13.4. The molecule has 0 aliphatic heterocycles. The Hall–Kier alpha value is -1.32. The molecule has 2 nitrogen and oxygen atoms in total. The minimum atomic E-state index is 0.648. The van der Waals surface area contributed by atoms with Gasteiger partial charge in [-0.25, -0.2) is 0 Å². The molecule has 0 radical (unpaired) electrons. The van der Waals surface area contributed by atoms with Crippen LogP contribution in [0.2, 0.25) is 5.02 Å². The number of anilines is 1. The minimum absolute atomic E-state index is 0.648. The van der Waals surface area contributed by atoms with Crippen LogP contribution in [-0.2, 0) is 6.54 Å². The lowest BCUT2D eigenvalue weighted by atomic mass is 10.2. The molecule has 98 valence electrons. The highest BCUT2D eigenvalue weighted by Gasteiger charge is 2.07. The van der Waals surface area contributed by atoms with Gasteiger partial charge >= 0.3 is 0 Å². The summed E-state index contributed by atoms with van der Waals surface area (Å²) >= 11 is 9.54. The Balaban J connectivity index is 2.20. The molecular formula is C15H13BrClNO. The molecule has 0 aliphatic carbocycles. The molecule has 0 heterocycles. The monoisotopic (exact) mass is 337 g/mol. The molecule has 0 fully saturated rings. The number of halogens is 2. The Morgan fingerprint density at radius 1 is 1.26 bits per heavy atom. The second-order valence-electron chi connectivity index (χ2n) is 4.27. The first-order chi connectivity index (χ1) is 9.11. The van der Waals surface area contributed by atoms with Crippen molar-refractivity contribution in [1.29, 1.82) is 0 Å². The van der Waals surface area contributed by atoms with Crippen LogP contribution < -0.4 is 4.90 Å². The van der Waals surface area contributed by atoms with Crippen molar-refractivity contribution in [3.8, 4) is 0 Å². The molecule has 0 aliphatic rings. The van der Waals surface area contributed by atoms with Gasteiger partial charge in [-0.05, 0) is 45.8 Å². The highest BCUT2D eigenvalue weighted by atomic mass is 79.9. The van der Waals surface area contributed by atoms with Gasteiger partial charge in [0, 0.05) is 34.3 Å². The Morgan fingerprint density at radius 2 is 2.00 bits per heavy atom. The van der Waals surface area contributed by atoms with Crippen LogP contribution in [0.25, 0.3) is 0 Å². The summed E-state index contributed by atoms with van der Waals surface area (Å²) < 4.78 is 0.797. The highest BCUT2D eigenvalue weighted by molar-refractivity contribution is 9.10. The number of rotatable bonds is 4.